The van der Waals surface area contributed by atoms with Crippen LogP contribution >= 0.6 is 22.9 Å². The molecule has 0 radical (unpaired) electrons. The Morgan fingerprint density at radius 1 is 1.22 bits per heavy atom. The number of imidazole rings is 1. The van der Waals surface area contributed by atoms with Crippen LogP contribution in [0.3, 0.4) is 0 Å². The average molecular weight is 648 g/mol. The summed E-state index contributed by atoms with van der Waals surface area (Å²) >= 11 is 8.40. The molecule has 45 heavy (non-hydrogen) atoms. The molecule has 0 spiro atoms. The second-order valence-corrected chi connectivity index (χ2v) is 13.2. The number of aromatic nitrogens is 5. The molecule has 5 aromatic rings. The first kappa shape index (κ1) is 30.0. The average Bonchev–Trinajstić information content (AvgIpc) is 3.85. The lowest BCUT2D eigenvalue weighted by Gasteiger charge is -2.32. The highest BCUT2D eigenvalue weighted by Gasteiger charge is 2.34. The zero-order valence-corrected chi connectivity index (χ0v) is 26.8. The van der Waals surface area contributed by atoms with Crippen molar-refractivity contribution >= 4 is 44.9 Å². The number of aryl methyl sites for hydroxylation is 1. The number of hydrogen-bond donors (Lipinski definition) is 1. The molecule has 234 valence electrons. The third kappa shape index (κ3) is 5.90. The first-order chi connectivity index (χ1) is 21.9. The number of carbonyl (C=O) groups excluding carboxylic acids is 1. The molecule has 1 saturated heterocycles. The minimum Gasteiger partial charge on any atom is -0.383 e. The summed E-state index contributed by atoms with van der Waals surface area (Å²) in [4.78, 5) is 25.0. The molecule has 3 aromatic heterocycles. The van der Waals surface area contributed by atoms with E-state index in [9.17, 15) is 9.18 Å². The summed E-state index contributed by atoms with van der Waals surface area (Å²) in [5.74, 6) is 0.188. The smallest absolute Gasteiger partial charge is 0.257 e. The van der Waals surface area contributed by atoms with E-state index in [0.717, 1.165) is 61.2 Å². The fourth-order valence-electron chi connectivity index (χ4n) is 6.66. The van der Waals surface area contributed by atoms with E-state index in [2.05, 4.69) is 50.5 Å². The number of likely N-dealkylation sites (tertiary alicyclic amines) is 1. The molecule has 9 nitrogen and oxygen atoms in total. The number of alkyl halides is 1. The Morgan fingerprint density at radius 2 is 2.02 bits per heavy atom. The fourth-order valence-corrected chi connectivity index (χ4v) is 7.50. The van der Waals surface area contributed by atoms with Crippen LogP contribution in [0.1, 0.15) is 47.3 Å². The van der Waals surface area contributed by atoms with E-state index < -0.39 is 12.2 Å². The van der Waals surface area contributed by atoms with Gasteiger partial charge in [0, 0.05) is 54.5 Å². The van der Waals surface area contributed by atoms with E-state index in [4.69, 9.17) is 21.4 Å². The summed E-state index contributed by atoms with van der Waals surface area (Å²) in [5, 5.41) is 11.4. The van der Waals surface area contributed by atoms with E-state index in [1.807, 2.05) is 13.1 Å². The topological polar surface area (TPSA) is 90.1 Å². The van der Waals surface area contributed by atoms with Crippen molar-refractivity contribution in [1.82, 2.24) is 29.2 Å². The van der Waals surface area contributed by atoms with E-state index in [0.29, 0.717) is 33.0 Å². The lowest BCUT2D eigenvalue weighted by molar-refractivity contribution is -0.118. The molecule has 1 fully saturated rings. The normalized spacial score (nSPS) is 18.0. The van der Waals surface area contributed by atoms with Gasteiger partial charge in [-0.1, -0.05) is 35.9 Å². The molecule has 1 unspecified atom stereocenters. The number of amides is 1. The predicted octanol–water partition coefficient (Wildman–Crippen LogP) is 6.27. The zero-order valence-electron chi connectivity index (χ0n) is 25.2. The lowest BCUT2D eigenvalue weighted by atomic mass is 9.88. The Hall–Kier alpha value is -3.64. The molecule has 5 heterocycles. The second kappa shape index (κ2) is 12.6. The van der Waals surface area contributed by atoms with E-state index in [-0.39, 0.29) is 18.9 Å². The van der Waals surface area contributed by atoms with E-state index in [1.165, 1.54) is 16.9 Å². The third-order valence-electron chi connectivity index (χ3n) is 9.08. The molecule has 2 aliphatic heterocycles. The van der Waals surface area contributed by atoms with E-state index >= 15 is 0 Å². The Labute approximate surface area is 270 Å². The maximum absolute atomic E-state index is 14.4. The standard InChI is InChI=1S/C33H35ClFN7O2S/c1-20-15-25(23-5-3-21(4-6-23)22-7-10-40(11-8-22)12-13-44-2)28(34)29-26(20)18-42(39-29)31(32(43)38-33-36-9-14-45-33)30-27-16-24(35)17-41(27)19-37-30/h3-6,9,14-15,18-19,22,24,31H,7-8,10-13,16-17H2,1-2H3,(H,36,38,43)/t24-,31?/m1/s1. The number of ether oxygens (including phenoxy) is 1. The van der Waals surface area contributed by atoms with Crippen molar-refractivity contribution in [2.75, 3.05) is 38.7 Å². The molecule has 0 bridgehead atoms. The molecule has 1 amide bonds. The Balaban J connectivity index is 1.19. The highest BCUT2D eigenvalue weighted by Crippen LogP contribution is 2.38. The largest absolute Gasteiger partial charge is 0.383 e. The number of piperidine rings is 1. The van der Waals surface area contributed by atoms with Crippen LogP contribution in [-0.4, -0.2) is 74.6 Å². The van der Waals surface area contributed by atoms with Gasteiger partial charge in [0.05, 0.1) is 30.2 Å². The van der Waals surface area contributed by atoms with Gasteiger partial charge in [-0.25, -0.2) is 14.4 Å². The quantitative estimate of drug-likeness (QED) is 0.203. The Kier molecular flexibility index (Phi) is 8.43. The van der Waals surface area contributed by atoms with Crippen LogP contribution in [-0.2, 0) is 22.5 Å². The van der Waals surface area contributed by atoms with Gasteiger partial charge in [-0.05, 0) is 61.5 Å². The summed E-state index contributed by atoms with van der Waals surface area (Å²) in [6, 6.07) is 9.87. The molecule has 0 aliphatic carbocycles. The lowest BCUT2D eigenvalue weighted by Crippen LogP contribution is -2.35. The minimum absolute atomic E-state index is 0.198. The van der Waals surface area contributed by atoms with Crippen molar-refractivity contribution < 1.29 is 13.9 Å². The summed E-state index contributed by atoms with van der Waals surface area (Å²) in [5.41, 5.74) is 6.02. The minimum atomic E-state index is -1.01. The molecule has 2 atom stereocenters. The van der Waals surface area contributed by atoms with Crippen LogP contribution < -0.4 is 5.32 Å². The van der Waals surface area contributed by atoms with Crippen molar-refractivity contribution in [1.29, 1.82) is 0 Å². The number of nitrogens with zero attached hydrogens (tertiary/aromatic N) is 6. The van der Waals surface area contributed by atoms with Gasteiger partial charge in [0.1, 0.15) is 11.7 Å². The Morgan fingerprint density at radius 3 is 2.76 bits per heavy atom. The SMILES string of the molecule is COCCN1CCC(c2ccc(-c3cc(C)c4cn(C(C(=O)Nc5nccs5)c5ncn6c5C[C@@H](F)C6)nc4c3Cl)cc2)CC1. The van der Waals surface area contributed by atoms with Gasteiger partial charge >= 0.3 is 0 Å². The monoisotopic (exact) mass is 647 g/mol. The van der Waals surface area contributed by atoms with Crippen molar-refractivity contribution in [2.45, 2.75) is 50.9 Å². The van der Waals surface area contributed by atoms with Gasteiger partial charge in [0.15, 0.2) is 11.2 Å². The zero-order chi connectivity index (χ0) is 31.1. The van der Waals surface area contributed by atoms with Crippen LogP contribution in [0.15, 0.2) is 54.4 Å². The van der Waals surface area contributed by atoms with Crippen LogP contribution in [0, 0.1) is 6.92 Å². The van der Waals surface area contributed by atoms with Gasteiger partial charge in [-0.2, -0.15) is 5.10 Å². The number of carbonyl (C=O) groups is 1. The first-order valence-corrected chi connectivity index (χ1v) is 16.5. The van der Waals surface area contributed by atoms with Crippen molar-refractivity contribution in [3.8, 4) is 11.1 Å². The molecule has 2 aliphatic rings. The molecule has 2 aromatic carbocycles. The number of benzene rings is 2. The number of fused-ring (bicyclic) bond motifs is 2. The highest BCUT2D eigenvalue weighted by atomic mass is 35.5. The van der Waals surface area contributed by atoms with Gasteiger partial charge in [-0.15, -0.1) is 11.3 Å². The van der Waals surface area contributed by atoms with Gasteiger partial charge in [-0.3, -0.25) is 14.8 Å². The molecular weight excluding hydrogens is 613 g/mol. The van der Waals surface area contributed by atoms with Crippen LogP contribution in [0.2, 0.25) is 5.02 Å². The Bertz CT molecular complexity index is 1810. The number of hydrogen-bond acceptors (Lipinski definition) is 7. The number of anilines is 1. The number of rotatable bonds is 9. The summed E-state index contributed by atoms with van der Waals surface area (Å²) in [6.07, 6.45) is 6.52. The highest BCUT2D eigenvalue weighted by molar-refractivity contribution is 7.13. The number of thiazole rings is 1. The summed E-state index contributed by atoms with van der Waals surface area (Å²) in [7, 11) is 1.75. The first-order valence-electron chi connectivity index (χ1n) is 15.3. The van der Waals surface area contributed by atoms with Crippen LogP contribution in [0.4, 0.5) is 9.52 Å². The summed E-state index contributed by atoms with van der Waals surface area (Å²) in [6.45, 7) is 6.17. The summed E-state index contributed by atoms with van der Waals surface area (Å²) < 4.78 is 23.0. The fraction of sp³-hybridized carbons (Fsp3) is 0.394. The van der Waals surface area contributed by atoms with Gasteiger partial charge in [0.25, 0.3) is 5.91 Å². The van der Waals surface area contributed by atoms with Crippen molar-refractivity contribution in [2.24, 2.45) is 0 Å². The molecule has 7 rings (SSSR count). The van der Waals surface area contributed by atoms with Crippen LogP contribution in [0.5, 0.6) is 0 Å². The predicted molar refractivity (Wildman–Crippen MR) is 175 cm³/mol. The molecule has 12 heteroatoms. The van der Waals surface area contributed by atoms with Gasteiger partial charge in [0.2, 0.25) is 0 Å². The number of methoxy groups -OCH3 is 1. The second-order valence-electron chi connectivity index (χ2n) is 11.9. The van der Waals surface area contributed by atoms with Gasteiger partial charge < -0.3 is 14.2 Å². The molecule has 0 saturated carbocycles. The molecule has 1 N–H and O–H groups in total. The maximum Gasteiger partial charge on any atom is 0.257 e. The molecular formula is C33H35ClFN7O2S. The van der Waals surface area contributed by atoms with E-state index in [1.54, 1.807) is 34.3 Å². The number of halogens is 2. The van der Waals surface area contributed by atoms with Crippen LogP contribution in [0.25, 0.3) is 22.0 Å². The maximum atomic E-state index is 14.4. The third-order valence-corrected chi connectivity index (χ3v) is 10.1. The van der Waals surface area contributed by atoms with Crippen molar-refractivity contribution in [3.05, 3.63) is 82.0 Å². The number of nitrogens with one attached hydrogen (secondary N) is 1. The van der Waals surface area contributed by atoms with Crippen molar-refractivity contribution in [3.63, 3.8) is 0 Å².